The zero-order valence-electron chi connectivity index (χ0n) is 14.7. The molecule has 0 heterocycles. The summed E-state index contributed by atoms with van der Waals surface area (Å²) in [4.78, 5) is 2.55. The van der Waals surface area contributed by atoms with Gasteiger partial charge in [0.05, 0.1) is 6.04 Å². The lowest BCUT2D eigenvalue weighted by molar-refractivity contribution is 0.225. The summed E-state index contributed by atoms with van der Waals surface area (Å²) in [7, 11) is 2.28. The first-order valence-electron chi connectivity index (χ1n) is 8.89. The topological polar surface area (TPSA) is 15.3 Å². The second-order valence-corrected chi connectivity index (χ2v) is 6.65. The number of nitrogens with zero attached hydrogens (tertiary/aromatic N) is 1. The average Bonchev–Trinajstić information content (AvgIpc) is 2.95. The van der Waals surface area contributed by atoms with Gasteiger partial charge in [0.25, 0.3) is 0 Å². The molecule has 0 saturated carbocycles. The Morgan fingerprint density at radius 2 is 1.71 bits per heavy atom. The summed E-state index contributed by atoms with van der Waals surface area (Å²) in [6, 6.07) is 20.4. The number of likely N-dealkylation sites (N-methyl/N-ethyl adjacent to an activating group) is 1. The second-order valence-electron chi connectivity index (χ2n) is 6.65. The van der Waals surface area contributed by atoms with E-state index in [1.807, 2.05) is 0 Å². The molecule has 24 heavy (non-hydrogen) atoms. The van der Waals surface area contributed by atoms with E-state index in [2.05, 4.69) is 78.8 Å². The van der Waals surface area contributed by atoms with Gasteiger partial charge >= 0.3 is 0 Å². The lowest BCUT2D eigenvalue weighted by atomic mass is 10.1. The van der Waals surface area contributed by atoms with Gasteiger partial charge in [0.15, 0.2) is 0 Å². The molecule has 0 aromatic heterocycles. The van der Waals surface area contributed by atoms with Gasteiger partial charge in [0.2, 0.25) is 0 Å². The largest absolute Gasteiger partial charge is 0.377 e. The fourth-order valence-electron chi connectivity index (χ4n) is 3.65. The lowest BCUT2D eigenvalue weighted by Gasteiger charge is -2.31. The second kappa shape index (κ2) is 9.10. The monoisotopic (exact) mass is 344 g/mol. The van der Waals surface area contributed by atoms with Crippen LogP contribution in [0.25, 0.3) is 0 Å². The molecule has 130 valence electrons. The minimum Gasteiger partial charge on any atom is -0.377 e. The molecular weight excluding hydrogens is 316 g/mol. The van der Waals surface area contributed by atoms with Gasteiger partial charge in [-0.05, 0) is 49.7 Å². The molecule has 0 fully saturated rings. The molecule has 3 rings (SSSR count). The Hall–Kier alpha value is -1.51. The number of para-hydroxylation sites is 1. The molecule has 0 amide bonds. The van der Waals surface area contributed by atoms with Gasteiger partial charge in [-0.25, -0.2) is 0 Å². The number of anilines is 1. The molecule has 2 aromatic carbocycles. The Morgan fingerprint density at radius 3 is 2.46 bits per heavy atom. The summed E-state index contributed by atoms with van der Waals surface area (Å²) in [6.07, 6.45) is 5.03. The van der Waals surface area contributed by atoms with Crippen molar-refractivity contribution in [2.24, 2.45) is 0 Å². The first kappa shape index (κ1) is 18.8. The summed E-state index contributed by atoms with van der Waals surface area (Å²) in [5.74, 6) is 0. The number of halogens is 1. The standard InChI is InChI=1S/C21H28N2.ClH/c1-3-4-10-15-23(2)20-16-17-11-8-9-14-19(17)21(20)22-18-12-6-5-7-13-18;/h5-9,11-14,20-22H,3-4,10,15-16H2,1-2H3;1H. The minimum atomic E-state index is 0. The van der Waals surface area contributed by atoms with Crippen LogP contribution in [-0.4, -0.2) is 24.5 Å². The molecule has 1 aliphatic carbocycles. The average molecular weight is 345 g/mol. The molecule has 0 aliphatic heterocycles. The van der Waals surface area contributed by atoms with Gasteiger partial charge in [-0.2, -0.15) is 0 Å². The van der Waals surface area contributed by atoms with Crippen LogP contribution in [0.5, 0.6) is 0 Å². The van der Waals surface area contributed by atoms with Crippen molar-refractivity contribution in [2.75, 3.05) is 18.9 Å². The van der Waals surface area contributed by atoms with E-state index in [-0.39, 0.29) is 12.4 Å². The summed E-state index contributed by atoms with van der Waals surface area (Å²) >= 11 is 0. The van der Waals surface area contributed by atoms with E-state index >= 15 is 0 Å². The van der Waals surface area contributed by atoms with E-state index in [9.17, 15) is 0 Å². The van der Waals surface area contributed by atoms with Crippen molar-refractivity contribution < 1.29 is 0 Å². The van der Waals surface area contributed by atoms with Crippen LogP contribution in [0, 0.1) is 0 Å². The Kier molecular flexibility index (Phi) is 7.14. The maximum atomic E-state index is 3.78. The Labute approximate surface area is 152 Å². The van der Waals surface area contributed by atoms with Crippen molar-refractivity contribution in [2.45, 2.75) is 44.7 Å². The van der Waals surface area contributed by atoms with Crippen molar-refractivity contribution in [1.29, 1.82) is 0 Å². The van der Waals surface area contributed by atoms with Gasteiger partial charge in [-0.15, -0.1) is 12.4 Å². The number of nitrogens with one attached hydrogen (secondary N) is 1. The predicted octanol–water partition coefficient (Wildman–Crippen LogP) is 5.31. The molecule has 2 nitrogen and oxygen atoms in total. The molecule has 0 spiro atoms. The molecule has 2 atom stereocenters. The summed E-state index contributed by atoms with van der Waals surface area (Å²) in [6.45, 7) is 3.45. The van der Waals surface area contributed by atoms with E-state index in [0.29, 0.717) is 12.1 Å². The van der Waals surface area contributed by atoms with E-state index in [1.165, 1.54) is 42.6 Å². The van der Waals surface area contributed by atoms with Crippen molar-refractivity contribution >= 4 is 18.1 Å². The summed E-state index contributed by atoms with van der Waals surface area (Å²) < 4.78 is 0. The summed E-state index contributed by atoms with van der Waals surface area (Å²) in [5, 5.41) is 3.78. The van der Waals surface area contributed by atoms with Gasteiger partial charge in [0.1, 0.15) is 0 Å². The molecule has 0 bridgehead atoms. The normalized spacial score (nSPS) is 19.0. The number of hydrogen-bond donors (Lipinski definition) is 1. The smallest absolute Gasteiger partial charge is 0.0675 e. The highest BCUT2D eigenvalue weighted by Gasteiger charge is 2.34. The first-order valence-corrected chi connectivity index (χ1v) is 8.89. The van der Waals surface area contributed by atoms with Crippen LogP contribution in [-0.2, 0) is 6.42 Å². The van der Waals surface area contributed by atoms with E-state index in [0.717, 1.165) is 6.42 Å². The van der Waals surface area contributed by atoms with Crippen LogP contribution in [0.15, 0.2) is 54.6 Å². The van der Waals surface area contributed by atoms with Gasteiger partial charge < -0.3 is 10.2 Å². The maximum Gasteiger partial charge on any atom is 0.0675 e. The highest BCUT2D eigenvalue weighted by molar-refractivity contribution is 5.85. The van der Waals surface area contributed by atoms with E-state index in [1.54, 1.807) is 0 Å². The van der Waals surface area contributed by atoms with Crippen LogP contribution >= 0.6 is 12.4 Å². The third kappa shape index (κ3) is 4.31. The molecule has 0 saturated heterocycles. The summed E-state index contributed by atoms with van der Waals surface area (Å²) in [5.41, 5.74) is 4.16. The quantitative estimate of drug-likeness (QED) is 0.685. The maximum absolute atomic E-state index is 3.78. The van der Waals surface area contributed by atoms with Crippen molar-refractivity contribution in [3.8, 4) is 0 Å². The fraction of sp³-hybridized carbons (Fsp3) is 0.429. The SMILES string of the molecule is CCCCCN(C)C1Cc2ccccc2C1Nc1ccccc1.Cl. The van der Waals surface area contributed by atoms with Gasteiger partial charge in [0, 0.05) is 11.7 Å². The third-order valence-corrected chi connectivity index (χ3v) is 4.98. The van der Waals surface area contributed by atoms with Gasteiger partial charge in [-0.1, -0.05) is 62.2 Å². The molecule has 0 radical (unpaired) electrons. The van der Waals surface area contributed by atoms with Crippen LogP contribution in [0.4, 0.5) is 5.69 Å². The zero-order chi connectivity index (χ0) is 16.1. The molecule has 1 N–H and O–H groups in total. The van der Waals surface area contributed by atoms with Crippen molar-refractivity contribution in [3.05, 3.63) is 65.7 Å². The fourth-order valence-corrected chi connectivity index (χ4v) is 3.65. The predicted molar refractivity (Wildman–Crippen MR) is 106 cm³/mol. The number of unbranched alkanes of at least 4 members (excludes halogenated alkanes) is 2. The number of rotatable bonds is 7. The first-order chi connectivity index (χ1) is 11.3. The van der Waals surface area contributed by atoms with E-state index in [4.69, 9.17) is 0 Å². The number of hydrogen-bond acceptors (Lipinski definition) is 2. The Balaban J connectivity index is 0.00000208. The van der Waals surface area contributed by atoms with Crippen molar-refractivity contribution in [3.63, 3.8) is 0 Å². The minimum absolute atomic E-state index is 0. The lowest BCUT2D eigenvalue weighted by Crippen LogP contribution is -2.38. The molecular formula is C21H29ClN2. The van der Waals surface area contributed by atoms with E-state index < -0.39 is 0 Å². The zero-order valence-corrected chi connectivity index (χ0v) is 15.6. The highest BCUT2D eigenvalue weighted by atomic mass is 35.5. The van der Waals surface area contributed by atoms with Crippen LogP contribution in [0.3, 0.4) is 0 Å². The third-order valence-electron chi connectivity index (χ3n) is 4.98. The molecule has 3 heteroatoms. The van der Waals surface area contributed by atoms with Crippen LogP contribution < -0.4 is 5.32 Å². The van der Waals surface area contributed by atoms with Crippen molar-refractivity contribution in [1.82, 2.24) is 4.90 Å². The highest BCUT2D eigenvalue weighted by Crippen LogP contribution is 2.36. The Morgan fingerprint density at radius 1 is 1.00 bits per heavy atom. The molecule has 1 aliphatic rings. The number of benzene rings is 2. The van der Waals surface area contributed by atoms with Crippen LogP contribution in [0.2, 0.25) is 0 Å². The van der Waals surface area contributed by atoms with Crippen LogP contribution in [0.1, 0.15) is 43.4 Å². The number of fused-ring (bicyclic) bond motifs is 1. The molecule has 2 unspecified atom stereocenters. The Bertz CT molecular complexity index is 614. The molecule has 2 aromatic rings. The van der Waals surface area contributed by atoms with Gasteiger partial charge in [-0.3, -0.25) is 0 Å².